The van der Waals surface area contributed by atoms with E-state index in [1.54, 1.807) is 0 Å². The molecule has 0 amide bonds. The Labute approximate surface area is 93.7 Å². The molecule has 0 spiro atoms. The van der Waals surface area contributed by atoms with Crippen molar-refractivity contribution in [2.24, 2.45) is 11.8 Å². The second kappa shape index (κ2) is 6.29. The van der Waals surface area contributed by atoms with Crippen LogP contribution in [0, 0.1) is 11.8 Å². The Bertz CT molecular complexity index is 205. The first kappa shape index (κ1) is 12.7. The van der Waals surface area contributed by atoms with Crippen molar-refractivity contribution in [3.05, 3.63) is 11.6 Å². The molecule has 0 saturated carbocycles. The molecule has 2 nitrogen and oxygen atoms in total. The summed E-state index contributed by atoms with van der Waals surface area (Å²) in [5.41, 5.74) is 1.51. The average Bonchev–Trinajstić information content (AvgIpc) is 2.17. The normalized spacial score (nSPS) is 26.9. The van der Waals surface area contributed by atoms with Crippen molar-refractivity contribution in [2.45, 2.75) is 46.8 Å². The standard InChI is InChI=1S/C13H24O2/c1-5-14-13(15-6-2)12-8-7-10(3)9-11(12)4/h9,11-13H,5-8H2,1-4H3/t11-,12?/m0/s1. The van der Waals surface area contributed by atoms with E-state index in [1.165, 1.54) is 18.4 Å². The number of rotatable bonds is 5. The predicted molar refractivity (Wildman–Crippen MR) is 62.7 cm³/mol. The summed E-state index contributed by atoms with van der Waals surface area (Å²) >= 11 is 0. The topological polar surface area (TPSA) is 18.5 Å². The van der Waals surface area contributed by atoms with Gasteiger partial charge >= 0.3 is 0 Å². The Morgan fingerprint density at radius 3 is 2.40 bits per heavy atom. The summed E-state index contributed by atoms with van der Waals surface area (Å²) in [4.78, 5) is 0. The molecule has 15 heavy (non-hydrogen) atoms. The lowest BCUT2D eigenvalue weighted by molar-refractivity contribution is -0.175. The summed E-state index contributed by atoms with van der Waals surface area (Å²) in [6.07, 6.45) is 4.72. The lowest BCUT2D eigenvalue weighted by Gasteiger charge is -2.33. The minimum atomic E-state index is -0.0145. The summed E-state index contributed by atoms with van der Waals surface area (Å²) in [7, 11) is 0. The molecule has 0 saturated heterocycles. The van der Waals surface area contributed by atoms with Crippen LogP contribution in [0.15, 0.2) is 11.6 Å². The Morgan fingerprint density at radius 2 is 1.93 bits per heavy atom. The van der Waals surface area contributed by atoms with Gasteiger partial charge in [-0.15, -0.1) is 0 Å². The van der Waals surface area contributed by atoms with Gasteiger partial charge in [0.1, 0.15) is 0 Å². The van der Waals surface area contributed by atoms with Crippen LogP contribution < -0.4 is 0 Å². The van der Waals surface area contributed by atoms with Gasteiger partial charge in [0.15, 0.2) is 6.29 Å². The van der Waals surface area contributed by atoms with Crippen LogP contribution in [-0.2, 0) is 9.47 Å². The third kappa shape index (κ3) is 3.62. The summed E-state index contributed by atoms with van der Waals surface area (Å²) < 4.78 is 11.4. The molecule has 1 rings (SSSR count). The average molecular weight is 212 g/mol. The highest BCUT2D eigenvalue weighted by Crippen LogP contribution is 2.32. The lowest BCUT2D eigenvalue weighted by Crippen LogP contribution is -2.33. The van der Waals surface area contributed by atoms with Crippen LogP contribution in [0.5, 0.6) is 0 Å². The summed E-state index contributed by atoms with van der Waals surface area (Å²) in [6, 6.07) is 0. The minimum absolute atomic E-state index is 0.0145. The minimum Gasteiger partial charge on any atom is -0.353 e. The smallest absolute Gasteiger partial charge is 0.160 e. The van der Waals surface area contributed by atoms with Crippen LogP contribution in [0.3, 0.4) is 0 Å². The highest BCUT2D eigenvalue weighted by molar-refractivity contribution is 5.06. The molecule has 0 bridgehead atoms. The Hall–Kier alpha value is -0.340. The van der Waals surface area contributed by atoms with E-state index in [2.05, 4.69) is 19.9 Å². The van der Waals surface area contributed by atoms with Crippen LogP contribution in [0.1, 0.15) is 40.5 Å². The molecule has 1 aliphatic rings. The lowest BCUT2D eigenvalue weighted by atomic mass is 9.81. The molecule has 2 heteroatoms. The van der Waals surface area contributed by atoms with Crippen LogP contribution in [0.2, 0.25) is 0 Å². The molecule has 0 heterocycles. The largest absolute Gasteiger partial charge is 0.353 e. The van der Waals surface area contributed by atoms with Crippen molar-refractivity contribution in [2.75, 3.05) is 13.2 Å². The Morgan fingerprint density at radius 1 is 1.33 bits per heavy atom. The maximum absolute atomic E-state index is 5.68. The van der Waals surface area contributed by atoms with E-state index in [0.29, 0.717) is 11.8 Å². The van der Waals surface area contributed by atoms with Gasteiger partial charge in [0.25, 0.3) is 0 Å². The van der Waals surface area contributed by atoms with Gasteiger partial charge in [0, 0.05) is 19.1 Å². The molecule has 1 aliphatic carbocycles. The Kier molecular flexibility index (Phi) is 5.34. The SMILES string of the molecule is CCOC(OCC)C1CCC(C)=C[C@@H]1C. The first-order valence-electron chi connectivity index (χ1n) is 6.09. The molecule has 0 aliphatic heterocycles. The van der Waals surface area contributed by atoms with Crippen LogP contribution in [0.4, 0.5) is 0 Å². The van der Waals surface area contributed by atoms with Crippen molar-refractivity contribution in [1.82, 2.24) is 0 Å². The van der Waals surface area contributed by atoms with E-state index in [4.69, 9.17) is 9.47 Å². The van der Waals surface area contributed by atoms with Crippen LogP contribution in [-0.4, -0.2) is 19.5 Å². The quantitative estimate of drug-likeness (QED) is 0.514. The van der Waals surface area contributed by atoms with Gasteiger partial charge in [-0.25, -0.2) is 0 Å². The zero-order valence-corrected chi connectivity index (χ0v) is 10.5. The molecular weight excluding hydrogens is 188 g/mol. The number of hydrogen-bond acceptors (Lipinski definition) is 2. The van der Waals surface area contributed by atoms with Gasteiger partial charge in [0.2, 0.25) is 0 Å². The summed E-state index contributed by atoms with van der Waals surface area (Å²) in [5.74, 6) is 1.09. The Balaban J connectivity index is 2.59. The van der Waals surface area contributed by atoms with E-state index < -0.39 is 0 Å². The second-order valence-electron chi connectivity index (χ2n) is 4.35. The van der Waals surface area contributed by atoms with Gasteiger partial charge < -0.3 is 9.47 Å². The number of hydrogen-bond donors (Lipinski definition) is 0. The molecule has 88 valence electrons. The molecule has 0 aromatic carbocycles. The van der Waals surface area contributed by atoms with E-state index in [0.717, 1.165) is 13.2 Å². The van der Waals surface area contributed by atoms with Crippen molar-refractivity contribution in [3.63, 3.8) is 0 Å². The fourth-order valence-corrected chi connectivity index (χ4v) is 2.32. The first-order valence-corrected chi connectivity index (χ1v) is 6.09. The molecule has 0 fully saturated rings. The van der Waals surface area contributed by atoms with E-state index in [9.17, 15) is 0 Å². The van der Waals surface area contributed by atoms with Gasteiger partial charge in [-0.2, -0.15) is 0 Å². The predicted octanol–water partition coefficient (Wildman–Crippen LogP) is 3.38. The maximum Gasteiger partial charge on any atom is 0.160 e. The van der Waals surface area contributed by atoms with Gasteiger partial charge in [-0.3, -0.25) is 0 Å². The van der Waals surface area contributed by atoms with E-state index in [1.807, 2.05) is 13.8 Å². The number of allylic oxidation sites excluding steroid dienone is 2. The zero-order valence-electron chi connectivity index (χ0n) is 10.5. The molecular formula is C13H24O2. The van der Waals surface area contributed by atoms with Crippen LogP contribution >= 0.6 is 0 Å². The fourth-order valence-electron chi connectivity index (χ4n) is 2.32. The van der Waals surface area contributed by atoms with Gasteiger partial charge in [-0.05, 0) is 39.5 Å². The molecule has 1 unspecified atom stereocenters. The molecule has 0 N–H and O–H groups in total. The highest BCUT2D eigenvalue weighted by Gasteiger charge is 2.29. The fraction of sp³-hybridized carbons (Fsp3) is 0.846. The van der Waals surface area contributed by atoms with Gasteiger partial charge in [0.05, 0.1) is 0 Å². The second-order valence-corrected chi connectivity index (χ2v) is 4.35. The monoisotopic (exact) mass is 212 g/mol. The first-order chi connectivity index (χ1) is 7.19. The maximum atomic E-state index is 5.68. The molecule has 0 radical (unpaired) electrons. The van der Waals surface area contributed by atoms with Crippen molar-refractivity contribution in [3.8, 4) is 0 Å². The van der Waals surface area contributed by atoms with Crippen LogP contribution in [0.25, 0.3) is 0 Å². The van der Waals surface area contributed by atoms with Crippen molar-refractivity contribution < 1.29 is 9.47 Å². The van der Waals surface area contributed by atoms with Gasteiger partial charge in [-0.1, -0.05) is 18.6 Å². The summed E-state index contributed by atoms with van der Waals surface area (Å²) in [6.45, 7) is 10.00. The van der Waals surface area contributed by atoms with Crippen molar-refractivity contribution in [1.29, 1.82) is 0 Å². The van der Waals surface area contributed by atoms with E-state index >= 15 is 0 Å². The third-order valence-corrected chi connectivity index (χ3v) is 3.11. The highest BCUT2D eigenvalue weighted by atomic mass is 16.7. The molecule has 0 aromatic rings. The molecule has 0 aromatic heterocycles. The van der Waals surface area contributed by atoms with E-state index in [-0.39, 0.29) is 6.29 Å². The number of ether oxygens (including phenoxy) is 2. The summed E-state index contributed by atoms with van der Waals surface area (Å²) in [5, 5.41) is 0. The molecule has 2 atom stereocenters. The zero-order chi connectivity index (χ0) is 11.3. The third-order valence-electron chi connectivity index (χ3n) is 3.11. The van der Waals surface area contributed by atoms with Crippen molar-refractivity contribution >= 4 is 0 Å².